The Balaban J connectivity index is 1.95. The van der Waals surface area contributed by atoms with Crippen LogP contribution >= 0.6 is 0 Å². The molecule has 0 radical (unpaired) electrons. The van der Waals surface area contributed by atoms with Crippen LogP contribution in [-0.4, -0.2) is 54.9 Å². The third-order valence-electron chi connectivity index (χ3n) is 4.33. The lowest BCUT2D eigenvalue weighted by Crippen LogP contribution is -2.44. The fourth-order valence-electron chi connectivity index (χ4n) is 3.00. The molecule has 0 aromatic carbocycles. The Morgan fingerprint density at radius 3 is 2.96 bits per heavy atom. The molecule has 1 fully saturated rings. The minimum atomic E-state index is -0.123. The van der Waals surface area contributed by atoms with Gasteiger partial charge in [-0.15, -0.1) is 0 Å². The summed E-state index contributed by atoms with van der Waals surface area (Å²) >= 11 is 0. The van der Waals surface area contributed by atoms with Gasteiger partial charge in [-0.2, -0.15) is 0 Å². The third-order valence-corrected chi connectivity index (χ3v) is 4.33. The van der Waals surface area contributed by atoms with Gasteiger partial charge in [-0.25, -0.2) is 9.97 Å². The maximum atomic E-state index is 12.1. The second-order valence-corrected chi connectivity index (χ2v) is 6.31. The Bertz CT molecular complexity index is 591. The van der Waals surface area contributed by atoms with Crippen LogP contribution < -0.4 is 10.6 Å². The lowest BCUT2D eigenvalue weighted by molar-refractivity contribution is -0.0200. The predicted molar refractivity (Wildman–Crippen MR) is 85.8 cm³/mol. The fraction of sp³-hybridized carbons (Fsp3) is 0.688. The standard InChI is InChI=1S/C16H24N4O3/c1-9(2)14-19-13-10(4-6-17-16(13)21)15(20-14)18-11-8-23-7-5-12(11)22-3/h9,11-12H,4-8H2,1-3H3,(H,17,21)(H,18,19,20)/t11-,12-/m1/s1. The highest BCUT2D eigenvalue weighted by molar-refractivity contribution is 5.96. The van der Waals surface area contributed by atoms with Crippen LogP contribution in [0.5, 0.6) is 0 Å². The summed E-state index contributed by atoms with van der Waals surface area (Å²) in [6.45, 7) is 5.93. The first-order valence-corrected chi connectivity index (χ1v) is 8.16. The van der Waals surface area contributed by atoms with E-state index in [0.717, 1.165) is 24.2 Å². The van der Waals surface area contributed by atoms with Crippen molar-refractivity contribution in [2.75, 3.05) is 32.2 Å². The van der Waals surface area contributed by atoms with E-state index < -0.39 is 0 Å². The van der Waals surface area contributed by atoms with E-state index in [1.54, 1.807) is 7.11 Å². The first-order chi connectivity index (χ1) is 11.1. The minimum Gasteiger partial charge on any atom is -0.379 e. The van der Waals surface area contributed by atoms with E-state index in [4.69, 9.17) is 9.47 Å². The van der Waals surface area contributed by atoms with E-state index in [1.165, 1.54) is 0 Å². The smallest absolute Gasteiger partial charge is 0.270 e. The maximum Gasteiger partial charge on any atom is 0.270 e. The summed E-state index contributed by atoms with van der Waals surface area (Å²) < 4.78 is 11.1. The molecule has 0 spiro atoms. The molecule has 3 rings (SSSR count). The molecule has 1 amide bonds. The second-order valence-electron chi connectivity index (χ2n) is 6.31. The number of hydrogen-bond acceptors (Lipinski definition) is 6. The zero-order valence-electron chi connectivity index (χ0n) is 13.9. The Labute approximate surface area is 136 Å². The van der Waals surface area contributed by atoms with Crippen LogP contribution in [0.1, 0.15) is 48.1 Å². The number of anilines is 1. The summed E-state index contributed by atoms with van der Waals surface area (Å²) in [4.78, 5) is 21.3. The number of nitrogens with one attached hydrogen (secondary N) is 2. The van der Waals surface area contributed by atoms with Crippen molar-refractivity contribution in [2.24, 2.45) is 0 Å². The molecule has 7 heteroatoms. The molecule has 23 heavy (non-hydrogen) atoms. The molecule has 3 heterocycles. The van der Waals surface area contributed by atoms with Crippen molar-refractivity contribution in [3.05, 3.63) is 17.1 Å². The number of nitrogens with zero attached hydrogens (tertiary/aromatic N) is 2. The van der Waals surface area contributed by atoms with Gasteiger partial charge in [0.2, 0.25) is 0 Å². The molecular formula is C16H24N4O3. The van der Waals surface area contributed by atoms with Gasteiger partial charge in [0, 0.05) is 31.7 Å². The largest absolute Gasteiger partial charge is 0.379 e. The Morgan fingerprint density at radius 2 is 2.22 bits per heavy atom. The molecule has 2 aliphatic rings. The number of carbonyl (C=O) groups is 1. The van der Waals surface area contributed by atoms with Crippen molar-refractivity contribution in [3.8, 4) is 0 Å². The van der Waals surface area contributed by atoms with Gasteiger partial charge in [-0.1, -0.05) is 13.8 Å². The molecule has 126 valence electrons. The van der Waals surface area contributed by atoms with E-state index >= 15 is 0 Å². The monoisotopic (exact) mass is 320 g/mol. The van der Waals surface area contributed by atoms with E-state index in [2.05, 4.69) is 20.6 Å². The number of methoxy groups -OCH3 is 1. The Hall–Kier alpha value is -1.73. The van der Waals surface area contributed by atoms with Gasteiger partial charge in [-0.3, -0.25) is 4.79 Å². The summed E-state index contributed by atoms with van der Waals surface area (Å²) in [6, 6.07) is 0.0257. The number of rotatable bonds is 4. The summed E-state index contributed by atoms with van der Waals surface area (Å²) in [5.41, 5.74) is 1.38. The molecular weight excluding hydrogens is 296 g/mol. The second kappa shape index (κ2) is 6.80. The molecule has 7 nitrogen and oxygen atoms in total. The quantitative estimate of drug-likeness (QED) is 0.864. The van der Waals surface area contributed by atoms with Crippen LogP contribution in [0, 0.1) is 0 Å². The van der Waals surface area contributed by atoms with Gasteiger partial charge in [0.1, 0.15) is 17.3 Å². The molecule has 0 bridgehead atoms. The molecule has 0 saturated carbocycles. The van der Waals surface area contributed by atoms with Gasteiger partial charge in [0.25, 0.3) is 5.91 Å². The molecule has 2 aliphatic heterocycles. The molecule has 2 N–H and O–H groups in total. The van der Waals surface area contributed by atoms with Crippen molar-refractivity contribution >= 4 is 11.7 Å². The van der Waals surface area contributed by atoms with Crippen molar-refractivity contribution in [3.63, 3.8) is 0 Å². The summed E-state index contributed by atoms with van der Waals surface area (Å²) in [7, 11) is 1.72. The van der Waals surface area contributed by atoms with Gasteiger partial charge >= 0.3 is 0 Å². The highest BCUT2D eigenvalue weighted by Gasteiger charge is 2.29. The average molecular weight is 320 g/mol. The normalized spacial score (nSPS) is 24.3. The molecule has 2 atom stereocenters. The van der Waals surface area contributed by atoms with Crippen LogP contribution in [-0.2, 0) is 15.9 Å². The number of hydrogen-bond donors (Lipinski definition) is 2. The van der Waals surface area contributed by atoms with E-state index in [9.17, 15) is 4.79 Å². The zero-order chi connectivity index (χ0) is 16.4. The molecule has 1 aromatic rings. The Morgan fingerprint density at radius 1 is 1.39 bits per heavy atom. The molecule has 1 aromatic heterocycles. The molecule has 1 saturated heterocycles. The van der Waals surface area contributed by atoms with Crippen molar-refractivity contribution in [1.29, 1.82) is 0 Å². The van der Waals surface area contributed by atoms with Crippen molar-refractivity contribution in [2.45, 2.75) is 44.8 Å². The fourth-order valence-corrected chi connectivity index (χ4v) is 3.00. The van der Waals surface area contributed by atoms with Crippen LogP contribution in [0.3, 0.4) is 0 Å². The first kappa shape index (κ1) is 16.1. The van der Waals surface area contributed by atoms with E-state index in [-0.39, 0.29) is 24.0 Å². The van der Waals surface area contributed by atoms with Gasteiger partial charge < -0.3 is 20.1 Å². The van der Waals surface area contributed by atoms with E-state index in [1.807, 2.05) is 13.8 Å². The van der Waals surface area contributed by atoms with Crippen LogP contribution in [0.15, 0.2) is 0 Å². The number of aromatic nitrogens is 2. The van der Waals surface area contributed by atoms with Crippen LogP contribution in [0.4, 0.5) is 5.82 Å². The van der Waals surface area contributed by atoms with Crippen LogP contribution in [0.2, 0.25) is 0 Å². The summed E-state index contributed by atoms with van der Waals surface area (Å²) in [6.07, 6.45) is 1.65. The maximum absolute atomic E-state index is 12.1. The highest BCUT2D eigenvalue weighted by atomic mass is 16.5. The van der Waals surface area contributed by atoms with Crippen LogP contribution in [0.25, 0.3) is 0 Å². The first-order valence-electron chi connectivity index (χ1n) is 8.16. The van der Waals surface area contributed by atoms with E-state index in [0.29, 0.717) is 31.3 Å². The Kier molecular flexibility index (Phi) is 4.77. The van der Waals surface area contributed by atoms with Gasteiger partial charge in [0.15, 0.2) is 0 Å². The number of fused-ring (bicyclic) bond motifs is 1. The topological polar surface area (TPSA) is 85.4 Å². The number of amides is 1. The predicted octanol–water partition coefficient (Wildman–Crippen LogP) is 1.10. The lowest BCUT2D eigenvalue weighted by Gasteiger charge is -2.32. The SMILES string of the molecule is CO[C@@H]1CCOC[C@H]1Nc1nc(C(C)C)nc2c1CCNC2=O. The van der Waals surface area contributed by atoms with Gasteiger partial charge in [-0.05, 0) is 12.8 Å². The molecule has 0 aliphatic carbocycles. The third kappa shape index (κ3) is 3.30. The summed E-state index contributed by atoms with van der Waals surface area (Å²) in [5.74, 6) is 1.44. The number of ether oxygens (including phenoxy) is 2. The van der Waals surface area contributed by atoms with Crippen molar-refractivity contribution < 1.29 is 14.3 Å². The highest BCUT2D eigenvalue weighted by Crippen LogP contribution is 2.25. The zero-order valence-corrected chi connectivity index (χ0v) is 13.9. The molecule has 0 unspecified atom stereocenters. The summed E-state index contributed by atoms with van der Waals surface area (Å²) in [5, 5.41) is 6.29. The number of carbonyl (C=O) groups excluding carboxylic acids is 1. The average Bonchev–Trinajstić information content (AvgIpc) is 2.56. The minimum absolute atomic E-state index is 0.0257. The lowest BCUT2D eigenvalue weighted by atomic mass is 10.0. The van der Waals surface area contributed by atoms with Crippen molar-refractivity contribution in [1.82, 2.24) is 15.3 Å². The van der Waals surface area contributed by atoms with Gasteiger partial charge in [0.05, 0.1) is 18.8 Å².